The standard InChI is InChI=1S/C27H29FN4O3/c1-16(33)18-14-32-24-20(25(18)34)22(29)21(28)23(26(24)35-15-27(32)9-4-5-10-27)30-11-13-31-12-8-17-6-2-3-7-19(17)31/h2-3,6-7,14,30H,4-5,8-13,15,29H2,1H3. The SMILES string of the molecule is CC(=O)c1cn2c3c(c(NCCN4CCc5ccccc54)c(F)c(N)c3c1=O)OCC21CCCC1. The lowest BCUT2D eigenvalue weighted by atomic mass is 9.93. The molecule has 0 unspecified atom stereocenters. The molecule has 35 heavy (non-hydrogen) atoms. The first-order valence-electron chi connectivity index (χ1n) is 12.3. The summed E-state index contributed by atoms with van der Waals surface area (Å²) in [4.78, 5) is 27.8. The van der Waals surface area contributed by atoms with Crippen LogP contribution < -0.4 is 26.1 Å². The number of nitrogens with two attached hydrogens (primary N) is 1. The maximum atomic E-state index is 15.6. The van der Waals surface area contributed by atoms with Crippen LogP contribution in [0.2, 0.25) is 0 Å². The Morgan fingerprint density at radius 1 is 1.26 bits per heavy atom. The minimum absolute atomic E-state index is 0.0372. The normalized spacial score (nSPS) is 17.6. The van der Waals surface area contributed by atoms with Gasteiger partial charge in [0.15, 0.2) is 17.3 Å². The van der Waals surface area contributed by atoms with Crippen LogP contribution in [-0.4, -0.2) is 36.6 Å². The summed E-state index contributed by atoms with van der Waals surface area (Å²) in [6.07, 6.45) is 6.44. The molecule has 0 amide bonds. The lowest BCUT2D eigenvalue weighted by Crippen LogP contribution is -2.42. The lowest BCUT2D eigenvalue weighted by Gasteiger charge is -2.39. The molecule has 7 nitrogen and oxygen atoms in total. The average molecular weight is 477 g/mol. The van der Waals surface area contributed by atoms with Gasteiger partial charge >= 0.3 is 0 Å². The second-order valence-corrected chi connectivity index (χ2v) is 9.97. The van der Waals surface area contributed by atoms with Crippen molar-refractivity contribution in [2.45, 2.75) is 44.6 Å². The lowest BCUT2D eigenvalue weighted by molar-refractivity contribution is 0.101. The molecular formula is C27H29FN4O3. The Kier molecular flexibility index (Phi) is 5.02. The molecule has 1 spiro atoms. The zero-order valence-corrected chi connectivity index (χ0v) is 19.8. The third kappa shape index (κ3) is 3.22. The fourth-order valence-electron chi connectivity index (χ4n) is 6.12. The van der Waals surface area contributed by atoms with Crippen molar-refractivity contribution in [1.82, 2.24) is 4.57 Å². The number of Topliss-reactive ketones (excluding diaryl/α,β-unsaturated/α-hetero) is 1. The Labute approximate surface area is 202 Å². The number of ether oxygens (including phenoxy) is 1. The molecule has 6 rings (SSSR count). The van der Waals surface area contributed by atoms with Crippen molar-refractivity contribution in [3.05, 3.63) is 57.6 Å². The summed E-state index contributed by atoms with van der Waals surface area (Å²) in [5, 5.41) is 3.25. The van der Waals surface area contributed by atoms with Gasteiger partial charge in [-0.05, 0) is 37.8 Å². The predicted octanol–water partition coefficient (Wildman–Crippen LogP) is 4.06. The molecule has 1 aliphatic carbocycles. The largest absolute Gasteiger partial charge is 0.487 e. The molecule has 0 radical (unpaired) electrons. The van der Waals surface area contributed by atoms with E-state index in [1.165, 1.54) is 18.2 Å². The molecular weight excluding hydrogens is 447 g/mol. The van der Waals surface area contributed by atoms with E-state index in [1.54, 1.807) is 6.20 Å². The molecule has 0 saturated heterocycles. The van der Waals surface area contributed by atoms with E-state index >= 15 is 4.39 Å². The maximum absolute atomic E-state index is 15.6. The number of benzene rings is 2. The van der Waals surface area contributed by atoms with Crippen LogP contribution in [0.15, 0.2) is 35.3 Å². The number of carbonyl (C=O) groups is 1. The van der Waals surface area contributed by atoms with Crippen LogP contribution in [0.1, 0.15) is 48.5 Å². The fourth-order valence-corrected chi connectivity index (χ4v) is 6.12. The van der Waals surface area contributed by atoms with Crippen LogP contribution in [0.5, 0.6) is 5.75 Å². The third-order valence-electron chi connectivity index (χ3n) is 7.95. The van der Waals surface area contributed by atoms with Gasteiger partial charge in [0.2, 0.25) is 5.43 Å². The van der Waals surface area contributed by atoms with E-state index in [1.807, 2.05) is 16.7 Å². The summed E-state index contributed by atoms with van der Waals surface area (Å²) in [5.41, 5.74) is 8.34. The Morgan fingerprint density at radius 2 is 2.03 bits per heavy atom. The molecule has 1 fully saturated rings. The molecule has 0 atom stereocenters. The number of pyridine rings is 1. The molecule has 182 valence electrons. The summed E-state index contributed by atoms with van der Waals surface area (Å²) >= 11 is 0. The quantitative estimate of drug-likeness (QED) is 0.426. The highest BCUT2D eigenvalue weighted by molar-refractivity contribution is 6.04. The van der Waals surface area contributed by atoms with E-state index in [9.17, 15) is 9.59 Å². The number of nitrogens with one attached hydrogen (secondary N) is 1. The molecule has 1 saturated carbocycles. The molecule has 1 aromatic heterocycles. The number of nitrogen functional groups attached to an aromatic ring is 1. The summed E-state index contributed by atoms with van der Waals surface area (Å²) in [6, 6.07) is 8.32. The molecule has 2 aliphatic heterocycles. The second-order valence-electron chi connectivity index (χ2n) is 9.97. The van der Waals surface area contributed by atoms with Crippen LogP contribution in [-0.2, 0) is 12.0 Å². The topological polar surface area (TPSA) is 89.6 Å². The van der Waals surface area contributed by atoms with Crippen molar-refractivity contribution >= 4 is 33.7 Å². The average Bonchev–Trinajstić information content (AvgIpc) is 3.49. The van der Waals surface area contributed by atoms with Gasteiger partial charge < -0.3 is 25.3 Å². The number of anilines is 3. The van der Waals surface area contributed by atoms with Gasteiger partial charge in [-0.1, -0.05) is 31.0 Å². The number of para-hydroxylation sites is 1. The van der Waals surface area contributed by atoms with Crippen molar-refractivity contribution < 1.29 is 13.9 Å². The molecule has 3 heterocycles. The number of hydrogen-bond acceptors (Lipinski definition) is 6. The Morgan fingerprint density at radius 3 is 2.80 bits per heavy atom. The summed E-state index contributed by atoms with van der Waals surface area (Å²) in [6.45, 7) is 3.81. The van der Waals surface area contributed by atoms with Gasteiger partial charge in [-0.3, -0.25) is 9.59 Å². The molecule has 0 bridgehead atoms. The molecule has 3 aromatic rings. The van der Waals surface area contributed by atoms with E-state index in [0.29, 0.717) is 31.0 Å². The number of halogens is 1. The zero-order valence-electron chi connectivity index (χ0n) is 19.8. The third-order valence-corrected chi connectivity index (χ3v) is 7.95. The summed E-state index contributed by atoms with van der Waals surface area (Å²) in [5.74, 6) is -0.756. The van der Waals surface area contributed by atoms with Gasteiger partial charge in [0, 0.05) is 31.5 Å². The van der Waals surface area contributed by atoms with E-state index in [4.69, 9.17) is 10.5 Å². The number of carbonyl (C=O) groups excluding carboxylic acids is 1. The second kappa shape index (κ2) is 8.00. The molecule has 8 heteroatoms. The van der Waals surface area contributed by atoms with Crippen LogP contribution in [0.25, 0.3) is 10.9 Å². The zero-order chi connectivity index (χ0) is 24.3. The Bertz CT molecular complexity index is 1420. The summed E-state index contributed by atoms with van der Waals surface area (Å²) < 4.78 is 23.9. The smallest absolute Gasteiger partial charge is 0.202 e. The van der Waals surface area contributed by atoms with Gasteiger partial charge in [-0.15, -0.1) is 0 Å². The van der Waals surface area contributed by atoms with Crippen LogP contribution in [0, 0.1) is 5.82 Å². The van der Waals surface area contributed by atoms with Crippen LogP contribution >= 0.6 is 0 Å². The minimum Gasteiger partial charge on any atom is -0.487 e. The van der Waals surface area contributed by atoms with Gasteiger partial charge in [-0.25, -0.2) is 4.39 Å². The first-order valence-corrected chi connectivity index (χ1v) is 12.3. The van der Waals surface area contributed by atoms with Crippen molar-refractivity contribution in [2.75, 3.05) is 42.2 Å². The molecule has 3 aliphatic rings. The number of fused-ring (bicyclic) bond motifs is 2. The number of aromatic nitrogens is 1. The Balaban J connectivity index is 1.43. The van der Waals surface area contributed by atoms with Gasteiger partial charge in [0.05, 0.1) is 27.7 Å². The van der Waals surface area contributed by atoms with Gasteiger partial charge in [0.1, 0.15) is 12.3 Å². The molecule has 2 aromatic carbocycles. The van der Waals surface area contributed by atoms with Crippen molar-refractivity contribution in [3.63, 3.8) is 0 Å². The van der Waals surface area contributed by atoms with Crippen molar-refractivity contribution in [2.24, 2.45) is 0 Å². The predicted molar refractivity (Wildman–Crippen MR) is 135 cm³/mol. The molecule has 3 N–H and O–H groups in total. The van der Waals surface area contributed by atoms with Crippen molar-refractivity contribution in [3.8, 4) is 5.75 Å². The number of hydrogen-bond donors (Lipinski definition) is 2. The number of rotatable bonds is 5. The first-order chi connectivity index (χ1) is 16.9. The van der Waals surface area contributed by atoms with E-state index in [-0.39, 0.29) is 33.6 Å². The van der Waals surface area contributed by atoms with Crippen LogP contribution in [0.4, 0.5) is 21.5 Å². The highest BCUT2D eigenvalue weighted by atomic mass is 19.1. The van der Waals surface area contributed by atoms with E-state index in [2.05, 4.69) is 22.3 Å². The Hall–Kier alpha value is -3.55. The summed E-state index contributed by atoms with van der Waals surface area (Å²) in [7, 11) is 0. The van der Waals surface area contributed by atoms with Gasteiger partial charge in [-0.2, -0.15) is 0 Å². The first kappa shape index (κ1) is 21.9. The van der Waals surface area contributed by atoms with Crippen LogP contribution in [0.3, 0.4) is 0 Å². The fraction of sp³-hybridized carbons (Fsp3) is 0.407. The highest BCUT2D eigenvalue weighted by Gasteiger charge is 2.42. The number of ketones is 1. The maximum Gasteiger partial charge on any atom is 0.202 e. The van der Waals surface area contributed by atoms with Crippen molar-refractivity contribution in [1.29, 1.82) is 0 Å². The van der Waals surface area contributed by atoms with E-state index < -0.39 is 11.2 Å². The highest BCUT2D eigenvalue weighted by Crippen LogP contribution is 2.48. The van der Waals surface area contributed by atoms with Gasteiger partial charge in [0.25, 0.3) is 0 Å². The van der Waals surface area contributed by atoms with E-state index in [0.717, 1.165) is 38.6 Å². The monoisotopic (exact) mass is 476 g/mol. The number of nitrogens with zero attached hydrogens (tertiary/aromatic N) is 2. The minimum atomic E-state index is -0.707.